The average Bonchev–Trinajstić information content (AvgIpc) is 2.47. The van der Waals surface area contributed by atoms with E-state index in [0.717, 1.165) is 0 Å². The molecule has 0 aromatic rings. The van der Waals surface area contributed by atoms with Crippen LogP contribution in [0.1, 0.15) is 13.8 Å². The molecule has 1 aliphatic heterocycles. The lowest BCUT2D eigenvalue weighted by atomic mass is 10.1. The molecule has 0 saturated carbocycles. The predicted octanol–water partition coefficient (Wildman–Crippen LogP) is 0.229. The Morgan fingerprint density at radius 2 is 1.92 bits per heavy atom. The normalized spacial score (nSPS) is 30.7. The molecular formula is C10H23N3. The first-order chi connectivity index (χ1) is 6.06. The van der Waals surface area contributed by atoms with Crippen LogP contribution in [0.15, 0.2) is 0 Å². The van der Waals surface area contributed by atoms with Crippen molar-refractivity contribution in [1.82, 2.24) is 15.1 Å². The van der Waals surface area contributed by atoms with E-state index in [9.17, 15) is 0 Å². The fraction of sp³-hybridized carbons (Fsp3) is 1.00. The van der Waals surface area contributed by atoms with Gasteiger partial charge in [-0.2, -0.15) is 0 Å². The minimum atomic E-state index is 0.623. The maximum atomic E-state index is 3.40. The average molecular weight is 185 g/mol. The van der Waals surface area contributed by atoms with Crippen molar-refractivity contribution in [3.05, 3.63) is 0 Å². The van der Waals surface area contributed by atoms with Crippen molar-refractivity contribution >= 4 is 0 Å². The van der Waals surface area contributed by atoms with Gasteiger partial charge in [-0.15, -0.1) is 0 Å². The molecule has 1 rings (SSSR count). The highest BCUT2D eigenvalue weighted by atomic mass is 15.3. The minimum Gasteiger partial charge on any atom is -0.314 e. The summed E-state index contributed by atoms with van der Waals surface area (Å²) >= 11 is 0. The zero-order chi connectivity index (χ0) is 10.0. The van der Waals surface area contributed by atoms with Gasteiger partial charge in [-0.1, -0.05) is 0 Å². The van der Waals surface area contributed by atoms with Crippen LogP contribution < -0.4 is 5.32 Å². The number of hydrogen-bond donors (Lipinski definition) is 1. The van der Waals surface area contributed by atoms with Crippen LogP contribution in [0.2, 0.25) is 0 Å². The molecule has 78 valence electrons. The number of likely N-dealkylation sites (N-methyl/N-ethyl adjacent to an activating group) is 2. The van der Waals surface area contributed by atoms with Crippen LogP contribution in [0.4, 0.5) is 0 Å². The summed E-state index contributed by atoms with van der Waals surface area (Å²) in [5, 5.41) is 3.40. The number of hydrogen-bond acceptors (Lipinski definition) is 3. The second-order valence-electron chi connectivity index (χ2n) is 4.47. The summed E-state index contributed by atoms with van der Waals surface area (Å²) < 4.78 is 0. The maximum absolute atomic E-state index is 3.40. The predicted molar refractivity (Wildman–Crippen MR) is 57.0 cm³/mol. The lowest BCUT2D eigenvalue weighted by molar-refractivity contribution is 0.234. The Morgan fingerprint density at radius 1 is 1.31 bits per heavy atom. The molecule has 0 amide bonds. The second-order valence-corrected chi connectivity index (χ2v) is 4.47. The Morgan fingerprint density at radius 3 is 2.23 bits per heavy atom. The molecule has 0 aromatic heterocycles. The van der Waals surface area contributed by atoms with Gasteiger partial charge in [-0.25, -0.2) is 0 Å². The Kier molecular flexibility index (Phi) is 3.71. The lowest BCUT2D eigenvalue weighted by Crippen LogP contribution is -2.44. The summed E-state index contributed by atoms with van der Waals surface area (Å²) in [4.78, 5) is 4.86. The molecule has 0 aromatic carbocycles. The van der Waals surface area contributed by atoms with E-state index in [0.29, 0.717) is 18.1 Å². The van der Waals surface area contributed by atoms with Crippen LogP contribution in [-0.2, 0) is 0 Å². The van der Waals surface area contributed by atoms with Crippen molar-refractivity contribution < 1.29 is 0 Å². The molecule has 0 unspecified atom stereocenters. The Hall–Kier alpha value is -0.120. The number of likely N-dealkylation sites (tertiary alicyclic amines) is 1. The molecule has 3 nitrogen and oxygen atoms in total. The van der Waals surface area contributed by atoms with Gasteiger partial charge in [-0.05, 0) is 35.0 Å². The van der Waals surface area contributed by atoms with E-state index in [4.69, 9.17) is 0 Å². The first-order valence-electron chi connectivity index (χ1n) is 5.14. The molecule has 1 N–H and O–H groups in total. The highest BCUT2D eigenvalue weighted by molar-refractivity contribution is 4.94. The highest BCUT2D eigenvalue weighted by Crippen LogP contribution is 2.16. The molecule has 2 atom stereocenters. The third-order valence-corrected chi connectivity index (χ3v) is 3.08. The summed E-state index contributed by atoms with van der Waals surface area (Å²) in [6.45, 7) is 6.91. The Labute approximate surface area is 82.1 Å². The smallest absolute Gasteiger partial charge is 0.0382 e. The van der Waals surface area contributed by atoms with E-state index >= 15 is 0 Å². The first kappa shape index (κ1) is 11.0. The van der Waals surface area contributed by atoms with Crippen molar-refractivity contribution in [3.63, 3.8) is 0 Å². The monoisotopic (exact) mass is 185 g/mol. The van der Waals surface area contributed by atoms with Gasteiger partial charge in [0.05, 0.1) is 0 Å². The third-order valence-electron chi connectivity index (χ3n) is 3.08. The molecule has 0 spiro atoms. The topological polar surface area (TPSA) is 18.5 Å². The molecular weight excluding hydrogens is 162 g/mol. The summed E-state index contributed by atoms with van der Waals surface area (Å²) in [6, 6.07) is 1.95. The van der Waals surface area contributed by atoms with Gasteiger partial charge in [0.2, 0.25) is 0 Å². The molecule has 13 heavy (non-hydrogen) atoms. The molecule has 1 saturated heterocycles. The minimum absolute atomic E-state index is 0.623. The molecule has 0 aliphatic carbocycles. The fourth-order valence-corrected chi connectivity index (χ4v) is 2.04. The van der Waals surface area contributed by atoms with Gasteiger partial charge in [0.25, 0.3) is 0 Å². The molecule has 0 radical (unpaired) electrons. The van der Waals surface area contributed by atoms with E-state index < -0.39 is 0 Å². The van der Waals surface area contributed by atoms with Crippen molar-refractivity contribution in [2.24, 2.45) is 0 Å². The summed E-state index contributed by atoms with van der Waals surface area (Å²) in [6.07, 6.45) is 0. The van der Waals surface area contributed by atoms with Crippen molar-refractivity contribution in [3.8, 4) is 0 Å². The van der Waals surface area contributed by atoms with Crippen LogP contribution in [-0.4, -0.2) is 62.2 Å². The van der Waals surface area contributed by atoms with Gasteiger partial charge < -0.3 is 10.2 Å². The molecule has 0 bridgehead atoms. The second kappa shape index (κ2) is 4.40. The van der Waals surface area contributed by atoms with E-state index in [1.165, 1.54) is 13.1 Å². The van der Waals surface area contributed by atoms with Crippen LogP contribution >= 0.6 is 0 Å². The van der Waals surface area contributed by atoms with Crippen LogP contribution in [0.25, 0.3) is 0 Å². The number of nitrogens with zero attached hydrogens (tertiary/aromatic N) is 2. The van der Waals surface area contributed by atoms with E-state index in [1.807, 2.05) is 0 Å². The van der Waals surface area contributed by atoms with E-state index in [1.54, 1.807) is 0 Å². The summed E-state index contributed by atoms with van der Waals surface area (Å²) in [5.74, 6) is 0. The van der Waals surface area contributed by atoms with Crippen LogP contribution in [0, 0.1) is 0 Å². The third kappa shape index (κ3) is 2.42. The standard InChI is InChI=1S/C10H23N3/c1-8(2)13-6-9(11-3)10(7-13)12(4)5/h8-11H,6-7H2,1-5H3/t9-,10+/m1/s1. The zero-order valence-electron chi connectivity index (χ0n) is 9.54. The first-order valence-corrected chi connectivity index (χ1v) is 5.14. The Bertz CT molecular complexity index is 156. The van der Waals surface area contributed by atoms with E-state index in [-0.39, 0.29) is 0 Å². The SMILES string of the molecule is CN[C@@H]1CN(C(C)C)C[C@@H]1N(C)C. The van der Waals surface area contributed by atoms with Gasteiger partial charge >= 0.3 is 0 Å². The van der Waals surface area contributed by atoms with Crippen LogP contribution in [0.3, 0.4) is 0 Å². The molecule has 1 aliphatic rings. The van der Waals surface area contributed by atoms with Crippen molar-refractivity contribution in [2.75, 3.05) is 34.2 Å². The molecule has 1 fully saturated rings. The van der Waals surface area contributed by atoms with Crippen LogP contribution in [0.5, 0.6) is 0 Å². The van der Waals surface area contributed by atoms with Gasteiger partial charge in [0.1, 0.15) is 0 Å². The largest absolute Gasteiger partial charge is 0.314 e. The van der Waals surface area contributed by atoms with Crippen molar-refractivity contribution in [2.45, 2.75) is 32.0 Å². The summed E-state index contributed by atoms with van der Waals surface area (Å²) in [7, 11) is 6.39. The summed E-state index contributed by atoms with van der Waals surface area (Å²) in [5.41, 5.74) is 0. The van der Waals surface area contributed by atoms with Gasteiger partial charge in [-0.3, -0.25) is 4.90 Å². The molecule has 1 heterocycles. The molecule has 3 heteroatoms. The lowest BCUT2D eigenvalue weighted by Gasteiger charge is -2.24. The quantitative estimate of drug-likeness (QED) is 0.679. The number of nitrogens with one attached hydrogen (secondary N) is 1. The highest BCUT2D eigenvalue weighted by Gasteiger charge is 2.33. The maximum Gasteiger partial charge on any atom is 0.0382 e. The van der Waals surface area contributed by atoms with Gasteiger partial charge in [0.15, 0.2) is 0 Å². The fourth-order valence-electron chi connectivity index (χ4n) is 2.04. The number of rotatable bonds is 3. The Balaban J connectivity index is 2.56. The zero-order valence-corrected chi connectivity index (χ0v) is 9.54. The van der Waals surface area contributed by atoms with Gasteiger partial charge in [0, 0.05) is 31.2 Å². The van der Waals surface area contributed by atoms with Crippen molar-refractivity contribution in [1.29, 1.82) is 0 Å². The van der Waals surface area contributed by atoms with E-state index in [2.05, 4.69) is 50.1 Å².